The molecule has 1 aliphatic heterocycles. The van der Waals surface area contributed by atoms with Crippen LogP contribution in [-0.4, -0.2) is 32.8 Å². The summed E-state index contributed by atoms with van der Waals surface area (Å²) in [5, 5.41) is 4.93. The van der Waals surface area contributed by atoms with Crippen molar-refractivity contribution in [1.29, 1.82) is 0 Å². The van der Waals surface area contributed by atoms with Crippen LogP contribution in [0.1, 0.15) is 29.3 Å². The van der Waals surface area contributed by atoms with Gasteiger partial charge in [-0.2, -0.15) is 5.10 Å². The molecule has 5 nitrogen and oxygen atoms in total. The summed E-state index contributed by atoms with van der Waals surface area (Å²) in [5.74, 6) is 0.648. The smallest absolute Gasteiger partial charge is 0.180 e. The summed E-state index contributed by atoms with van der Waals surface area (Å²) in [7, 11) is 2.03. The van der Waals surface area contributed by atoms with E-state index >= 15 is 0 Å². The molecule has 19 heavy (non-hydrogen) atoms. The van der Waals surface area contributed by atoms with Crippen molar-refractivity contribution in [3.63, 3.8) is 0 Å². The van der Waals surface area contributed by atoms with Crippen LogP contribution in [0.4, 0.5) is 5.13 Å². The maximum atomic E-state index is 5.67. The van der Waals surface area contributed by atoms with Gasteiger partial charge in [0.2, 0.25) is 0 Å². The lowest BCUT2D eigenvalue weighted by molar-refractivity contribution is 0.203. The van der Waals surface area contributed by atoms with Crippen molar-refractivity contribution < 1.29 is 0 Å². The Labute approximate surface area is 117 Å². The van der Waals surface area contributed by atoms with E-state index in [9.17, 15) is 0 Å². The number of rotatable bonds is 3. The Balaban J connectivity index is 1.56. The number of hydrogen-bond acceptors (Lipinski definition) is 5. The molecule has 3 heterocycles. The first-order chi connectivity index (χ1) is 9.22. The second-order valence-corrected chi connectivity index (χ2v) is 6.24. The number of aromatic nitrogens is 3. The fraction of sp³-hybridized carbons (Fsp3) is 0.538. The number of piperidine rings is 1. The standard InChI is InChI=1S/C13H19N5S/c1-17-12(2-5-16-17)10-3-6-18(7-4-10)9-11-8-15-13(14)19-11/h2,5,8,10H,3-4,6-7,9H2,1H3,(H2,14,15). The van der Waals surface area contributed by atoms with Crippen molar-refractivity contribution in [3.05, 3.63) is 29.0 Å². The number of nitrogens with two attached hydrogens (primary N) is 1. The van der Waals surface area contributed by atoms with Gasteiger partial charge in [-0.15, -0.1) is 11.3 Å². The molecule has 0 aromatic carbocycles. The highest BCUT2D eigenvalue weighted by Crippen LogP contribution is 2.28. The lowest BCUT2D eigenvalue weighted by Gasteiger charge is -2.31. The molecule has 0 spiro atoms. The van der Waals surface area contributed by atoms with Gasteiger partial charge in [-0.05, 0) is 32.0 Å². The zero-order valence-electron chi connectivity index (χ0n) is 11.1. The van der Waals surface area contributed by atoms with Gasteiger partial charge in [0.15, 0.2) is 5.13 Å². The topological polar surface area (TPSA) is 60.0 Å². The molecular formula is C13H19N5S. The molecule has 0 aliphatic carbocycles. The molecule has 0 unspecified atom stereocenters. The van der Waals surface area contributed by atoms with Crippen molar-refractivity contribution in [3.8, 4) is 0 Å². The predicted molar refractivity (Wildman–Crippen MR) is 77.0 cm³/mol. The summed E-state index contributed by atoms with van der Waals surface area (Å²) < 4.78 is 2.00. The first-order valence-corrected chi connectivity index (χ1v) is 7.44. The van der Waals surface area contributed by atoms with Gasteiger partial charge in [-0.3, -0.25) is 9.58 Å². The number of aryl methyl sites for hydroxylation is 1. The van der Waals surface area contributed by atoms with E-state index in [2.05, 4.69) is 21.0 Å². The maximum Gasteiger partial charge on any atom is 0.180 e. The maximum absolute atomic E-state index is 5.67. The van der Waals surface area contributed by atoms with Gasteiger partial charge in [0.25, 0.3) is 0 Å². The minimum absolute atomic E-state index is 0.648. The second kappa shape index (κ2) is 5.30. The molecule has 3 rings (SSSR count). The van der Waals surface area contributed by atoms with Crippen molar-refractivity contribution in [2.24, 2.45) is 7.05 Å². The SMILES string of the molecule is Cn1nccc1C1CCN(Cc2cnc(N)s2)CC1. The van der Waals surface area contributed by atoms with Crippen molar-refractivity contribution in [2.75, 3.05) is 18.8 Å². The molecule has 1 fully saturated rings. The summed E-state index contributed by atoms with van der Waals surface area (Å²) in [4.78, 5) is 7.85. The van der Waals surface area contributed by atoms with Crippen molar-refractivity contribution in [2.45, 2.75) is 25.3 Å². The molecule has 6 heteroatoms. The van der Waals surface area contributed by atoms with E-state index < -0.39 is 0 Å². The van der Waals surface area contributed by atoms with Crippen LogP contribution in [0, 0.1) is 0 Å². The molecule has 2 N–H and O–H groups in total. The molecular weight excluding hydrogens is 258 g/mol. The van der Waals surface area contributed by atoms with Crippen LogP contribution >= 0.6 is 11.3 Å². The highest BCUT2D eigenvalue weighted by molar-refractivity contribution is 7.15. The first-order valence-electron chi connectivity index (χ1n) is 6.63. The van der Waals surface area contributed by atoms with E-state index in [0.29, 0.717) is 11.0 Å². The van der Waals surface area contributed by atoms with Crippen molar-refractivity contribution in [1.82, 2.24) is 19.7 Å². The summed E-state index contributed by atoms with van der Waals surface area (Å²) in [6.07, 6.45) is 6.19. The Morgan fingerprint density at radius 3 is 2.79 bits per heavy atom. The molecule has 102 valence electrons. The van der Waals surface area contributed by atoms with Crippen LogP contribution in [0.15, 0.2) is 18.5 Å². The van der Waals surface area contributed by atoms with Crippen LogP contribution in [0.3, 0.4) is 0 Å². The fourth-order valence-electron chi connectivity index (χ4n) is 2.79. The third-order valence-electron chi connectivity index (χ3n) is 3.82. The van der Waals surface area contributed by atoms with Gasteiger partial charge in [0, 0.05) is 42.5 Å². The van der Waals surface area contributed by atoms with E-state index in [-0.39, 0.29) is 0 Å². The average Bonchev–Trinajstić information content (AvgIpc) is 3.00. The Morgan fingerprint density at radius 1 is 1.42 bits per heavy atom. The van der Waals surface area contributed by atoms with Gasteiger partial charge < -0.3 is 5.73 Å². The molecule has 0 saturated carbocycles. The summed E-state index contributed by atoms with van der Waals surface area (Å²) in [5.41, 5.74) is 7.03. The van der Waals surface area contributed by atoms with E-state index in [0.717, 1.165) is 19.6 Å². The van der Waals surface area contributed by atoms with E-state index in [1.807, 2.05) is 24.1 Å². The number of nitrogen functional groups attached to an aromatic ring is 1. The normalized spacial score (nSPS) is 17.9. The Bertz CT molecular complexity index is 539. The molecule has 2 aromatic heterocycles. The molecule has 1 saturated heterocycles. The van der Waals surface area contributed by atoms with Gasteiger partial charge in [-0.1, -0.05) is 0 Å². The van der Waals surface area contributed by atoms with Crippen LogP contribution < -0.4 is 5.73 Å². The van der Waals surface area contributed by atoms with E-state index in [1.54, 1.807) is 11.3 Å². The van der Waals surface area contributed by atoms with Crippen LogP contribution in [-0.2, 0) is 13.6 Å². The van der Waals surface area contributed by atoms with Crippen molar-refractivity contribution >= 4 is 16.5 Å². The third-order valence-corrected chi connectivity index (χ3v) is 4.63. The summed E-state index contributed by atoms with van der Waals surface area (Å²) in [6.45, 7) is 3.24. The van der Waals surface area contributed by atoms with E-state index in [4.69, 9.17) is 5.73 Å². The minimum atomic E-state index is 0.648. The lowest BCUT2D eigenvalue weighted by Crippen LogP contribution is -2.32. The largest absolute Gasteiger partial charge is 0.375 e. The van der Waals surface area contributed by atoms with Gasteiger partial charge in [-0.25, -0.2) is 4.98 Å². The second-order valence-electron chi connectivity index (χ2n) is 5.09. The number of anilines is 1. The molecule has 0 bridgehead atoms. The number of likely N-dealkylation sites (tertiary alicyclic amines) is 1. The molecule has 1 aliphatic rings. The van der Waals surface area contributed by atoms with Gasteiger partial charge >= 0.3 is 0 Å². The third kappa shape index (κ3) is 2.79. The average molecular weight is 277 g/mol. The highest BCUT2D eigenvalue weighted by Gasteiger charge is 2.22. The van der Waals surface area contributed by atoms with Crippen LogP contribution in [0.2, 0.25) is 0 Å². The van der Waals surface area contributed by atoms with Gasteiger partial charge in [0.05, 0.1) is 0 Å². The van der Waals surface area contributed by atoms with Gasteiger partial charge in [0.1, 0.15) is 0 Å². The summed E-state index contributed by atoms with van der Waals surface area (Å²) in [6, 6.07) is 2.14. The molecule has 2 aromatic rings. The highest BCUT2D eigenvalue weighted by atomic mass is 32.1. The monoisotopic (exact) mass is 277 g/mol. The fourth-order valence-corrected chi connectivity index (χ4v) is 3.51. The Morgan fingerprint density at radius 2 is 2.21 bits per heavy atom. The predicted octanol–water partition coefficient (Wildman–Crippen LogP) is 1.84. The van der Waals surface area contributed by atoms with Crippen LogP contribution in [0.25, 0.3) is 0 Å². The lowest BCUT2D eigenvalue weighted by atomic mass is 9.93. The van der Waals surface area contributed by atoms with Crippen LogP contribution in [0.5, 0.6) is 0 Å². The summed E-state index contributed by atoms with van der Waals surface area (Å²) >= 11 is 1.59. The quantitative estimate of drug-likeness (QED) is 0.930. The number of nitrogens with zero attached hydrogens (tertiary/aromatic N) is 4. The minimum Gasteiger partial charge on any atom is -0.375 e. The zero-order chi connectivity index (χ0) is 13.2. The van der Waals surface area contributed by atoms with E-state index in [1.165, 1.54) is 23.4 Å². The molecule has 0 amide bonds. The zero-order valence-corrected chi connectivity index (χ0v) is 11.9. The first kappa shape index (κ1) is 12.6. The molecule has 0 atom stereocenters. The Kier molecular flexibility index (Phi) is 3.52. The number of thiazole rings is 1. The molecule has 0 radical (unpaired) electrons. The Hall–Kier alpha value is -1.40. The number of hydrogen-bond donors (Lipinski definition) is 1.